The standard InChI is InChI=1S/C22H19F4N3O2/c23-18-10-16(8-6-14(18)12-30)29-20-4-2-1-3-19(20)28(21(29)31)15-7-5-13(11-27)17(9-15)22(24,25)26/h5-10,19-20,30H,1-4,12H2/t19-,20-/m0/s1. The molecule has 4 rings (SSSR count). The Labute approximate surface area is 176 Å². The van der Waals surface area contributed by atoms with Crippen molar-refractivity contribution in [1.82, 2.24) is 0 Å². The van der Waals surface area contributed by atoms with Crippen molar-refractivity contribution in [2.75, 3.05) is 9.80 Å². The van der Waals surface area contributed by atoms with E-state index in [1.807, 2.05) is 0 Å². The summed E-state index contributed by atoms with van der Waals surface area (Å²) in [7, 11) is 0. The molecule has 1 heterocycles. The molecule has 2 amide bonds. The molecule has 9 heteroatoms. The molecule has 162 valence electrons. The number of rotatable bonds is 3. The minimum Gasteiger partial charge on any atom is -0.392 e. The molecular formula is C22H19F4N3O2. The minimum atomic E-state index is -4.74. The third kappa shape index (κ3) is 3.61. The third-order valence-corrected chi connectivity index (χ3v) is 5.96. The summed E-state index contributed by atoms with van der Waals surface area (Å²) in [5, 5.41) is 18.2. The number of urea groups is 1. The van der Waals surface area contributed by atoms with Gasteiger partial charge in [0.1, 0.15) is 5.82 Å². The number of hydrogen-bond acceptors (Lipinski definition) is 3. The summed E-state index contributed by atoms with van der Waals surface area (Å²) in [4.78, 5) is 16.1. The first-order valence-corrected chi connectivity index (χ1v) is 9.89. The van der Waals surface area contributed by atoms with Crippen LogP contribution in [-0.2, 0) is 12.8 Å². The summed E-state index contributed by atoms with van der Waals surface area (Å²) in [6.45, 7) is -0.482. The Balaban J connectivity index is 1.78. The van der Waals surface area contributed by atoms with Crippen molar-refractivity contribution >= 4 is 17.4 Å². The number of amides is 2. The largest absolute Gasteiger partial charge is 0.417 e. The predicted molar refractivity (Wildman–Crippen MR) is 105 cm³/mol. The number of halogens is 4. The van der Waals surface area contributed by atoms with Crippen molar-refractivity contribution in [3.05, 3.63) is 58.9 Å². The maximum absolute atomic E-state index is 14.3. The molecule has 0 radical (unpaired) electrons. The molecule has 1 aliphatic carbocycles. The lowest BCUT2D eigenvalue weighted by atomic mass is 9.89. The highest BCUT2D eigenvalue weighted by Gasteiger charge is 2.48. The maximum Gasteiger partial charge on any atom is 0.417 e. The van der Waals surface area contributed by atoms with E-state index in [4.69, 9.17) is 5.26 Å². The molecule has 2 aromatic carbocycles. The van der Waals surface area contributed by atoms with Crippen LogP contribution in [0.4, 0.5) is 33.7 Å². The third-order valence-electron chi connectivity index (χ3n) is 5.96. The lowest BCUT2D eigenvalue weighted by Crippen LogP contribution is -2.40. The van der Waals surface area contributed by atoms with E-state index in [9.17, 15) is 27.5 Å². The number of fused-ring (bicyclic) bond motifs is 1. The van der Waals surface area contributed by atoms with Crippen molar-refractivity contribution in [1.29, 1.82) is 5.26 Å². The van der Waals surface area contributed by atoms with Crippen LogP contribution in [0.25, 0.3) is 0 Å². The van der Waals surface area contributed by atoms with Crippen LogP contribution in [0.2, 0.25) is 0 Å². The van der Waals surface area contributed by atoms with Crippen LogP contribution in [0.5, 0.6) is 0 Å². The summed E-state index contributed by atoms with van der Waals surface area (Å²) >= 11 is 0. The van der Waals surface area contributed by atoms with Gasteiger partial charge >= 0.3 is 12.2 Å². The number of anilines is 2. The highest BCUT2D eigenvalue weighted by Crippen LogP contribution is 2.42. The lowest BCUT2D eigenvalue weighted by molar-refractivity contribution is -0.137. The van der Waals surface area contributed by atoms with Gasteiger partial charge in [-0.2, -0.15) is 18.4 Å². The van der Waals surface area contributed by atoms with Crippen LogP contribution in [0.1, 0.15) is 42.4 Å². The van der Waals surface area contributed by atoms with E-state index in [-0.39, 0.29) is 23.3 Å². The Morgan fingerprint density at radius 3 is 2.13 bits per heavy atom. The molecule has 31 heavy (non-hydrogen) atoms. The molecule has 2 aromatic rings. The van der Waals surface area contributed by atoms with E-state index in [0.29, 0.717) is 18.5 Å². The molecule has 2 aliphatic rings. The quantitative estimate of drug-likeness (QED) is 0.696. The molecule has 2 atom stereocenters. The fraction of sp³-hybridized carbons (Fsp3) is 0.364. The van der Waals surface area contributed by atoms with E-state index >= 15 is 0 Å². The topological polar surface area (TPSA) is 67.6 Å². The highest BCUT2D eigenvalue weighted by atomic mass is 19.4. The Bertz CT molecular complexity index is 1060. The fourth-order valence-electron chi connectivity index (χ4n) is 4.53. The van der Waals surface area contributed by atoms with Crippen LogP contribution >= 0.6 is 0 Å². The molecule has 1 saturated carbocycles. The van der Waals surface area contributed by atoms with E-state index in [1.54, 1.807) is 6.07 Å². The molecule has 0 spiro atoms. The number of nitrogens with zero attached hydrogens (tertiary/aromatic N) is 3. The molecule has 0 bridgehead atoms. The molecule has 0 unspecified atom stereocenters. The van der Waals surface area contributed by atoms with Gasteiger partial charge in [0.25, 0.3) is 0 Å². The molecule has 2 fully saturated rings. The minimum absolute atomic E-state index is 0.0585. The number of carbonyl (C=O) groups is 1. The SMILES string of the molecule is N#Cc1ccc(N2C(=O)N(c3ccc(CO)c(F)c3)[C@H]3CCCC[C@@H]32)cc1C(F)(F)F. The zero-order valence-corrected chi connectivity index (χ0v) is 16.4. The number of alkyl halides is 3. The zero-order valence-electron chi connectivity index (χ0n) is 16.4. The second-order valence-electron chi connectivity index (χ2n) is 7.72. The van der Waals surface area contributed by atoms with Crippen molar-refractivity contribution in [3.63, 3.8) is 0 Å². The van der Waals surface area contributed by atoms with Crippen molar-refractivity contribution in [3.8, 4) is 6.07 Å². The molecule has 1 N–H and O–H groups in total. The Morgan fingerprint density at radius 2 is 1.61 bits per heavy atom. The van der Waals surface area contributed by atoms with Gasteiger partial charge in [0.05, 0.1) is 35.9 Å². The van der Waals surface area contributed by atoms with Gasteiger partial charge in [0.2, 0.25) is 0 Å². The van der Waals surface area contributed by atoms with Gasteiger partial charge in [-0.3, -0.25) is 9.80 Å². The normalized spacial score (nSPS) is 21.2. The first-order valence-electron chi connectivity index (χ1n) is 9.89. The van der Waals surface area contributed by atoms with E-state index in [2.05, 4.69) is 0 Å². The zero-order chi connectivity index (χ0) is 22.3. The average Bonchev–Trinajstić information content (AvgIpc) is 3.04. The van der Waals surface area contributed by atoms with Crippen LogP contribution < -0.4 is 9.80 Å². The highest BCUT2D eigenvalue weighted by molar-refractivity contribution is 6.07. The first kappa shape index (κ1) is 21.1. The summed E-state index contributed by atoms with van der Waals surface area (Å²) in [6, 6.07) is 7.66. The number of nitriles is 1. The smallest absolute Gasteiger partial charge is 0.392 e. The van der Waals surface area contributed by atoms with Crippen LogP contribution in [0.3, 0.4) is 0 Å². The number of carbonyl (C=O) groups excluding carboxylic acids is 1. The Hall–Kier alpha value is -3.12. The molecule has 5 nitrogen and oxygen atoms in total. The molecule has 1 aliphatic heterocycles. The van der Waals surface area contributed by atoms with Crippen molar-refractivity contribution < 1.29 is 27.5 Å². The van der Waals surface area contributed by atoms with Crippen molar-refractivity contribution in [2.24, 2.45) is 0 Å². The van der Waals surface area contributed by atoms with E-state index in [0.717, 1.165) is 25.0 Å². The Morgan fingerprint density at radius 1 is 1.03 bits per heavy atom. The van der Waals surface area contributed by atoms with Gasteiger partial charge in [-0.05, 0) is 43.2 Å². The molecule has 1 saturated heterocycles. The second kappa shape index (κ2) is 7.85. The number of aliphatic hydroxyl groups excluding tert-OH is 1. The maximum atomic E-state index is 14.3. The van der Waals surface area contributed by atoms with E-state index < -0.39 is 35.8 Å². The van der Waals surface area contributed by atoms with Crippen LogP contribution in [-0.4, -0.2) is 23.2 Å². The van der Waals surface area contributed by atoms with Gasteiger partial charge in [-0.25, -0.2) is 9.18 Å². The summed E-state index contributed by atoms with van der Waals surface area (Å²) in [6.07, 6.45) is -1.83. The van der Waals surface area contributed by atoms with Crippen LogP contribution in [0, 0.1) is 17.1 Å². The lowest BCUT2D eigenvalue weighted by Gasteiger charge is -2.32. The summed E-state index contributed by atoms with van der Waals surface area (Å²) < 4.78 is 54.7. The van der Waals surface area contributed by atoms with Crippen LogP contribution in [0.15, 0.2) is 36.4 Å². The van der Waals surface area contributed by atoms with Gasteiger partial charge < -0.3 is 5.11 Å². The average molecular weight is 433 g/mol. The van der Waals surface area contributed by atoms with Gasteiger partial charge in [0.15, 0.2) is 0 Å². The van der Waals surface area contributed by atoms with Crippen molar-refractivity contribution in [2.45, 2.75) is 50.6 Å². The number of benzene rings is 2. The Kier molecular flexibility index (Phi) is 5.35. The summed E-state index contributed by atoms with van der Waals surface area (Å²) in [5.74, 6) is -0.656. The summed E-state index contributed by atoms with van der Waals surface area (Å²) in [5.41, 5.74) is -1.16. The monoisotopic (exact) mass is 433 g/mol. The molecule has 0 aromatic heterocycles. The van der Waals surface area contributed by atoms with Gasteiger partial charge in [-0.1, -0.05) is 18.9 Å². The number of hydrogen-bond donors (Lipinski definition) is 1. The first-order chi connectivity index (χ1) is 14.8. The second-order valence-corrected chi connectivity index (χ2v) is 7.72. The van der Waals surface area contributed by atoms with Gasteiger partial charge in [-0.15, -0.1) is 0 Å². The van der Waals surface area contributed by atoms with Gasteiger partial charge in [0, 0.05) is 16.9 Å². The molecular weight excluding hydrogens is 414 g/mol. The fourth-order valence-corrected chi connectivity index (χ4v) is 4.53. The number of aliphatic hydroxyl groups is 1. The van der Waals surface area contributed by atoms with E-state index in [1.165, 1.54) is 34.1 Å². The predicted octanol–water partition coefficient (Wildman–Crippen LogP) is 4.97.